The van der Waals surface area contributed by atoms with Crippen molar-refractivity contribution in [1.29, 1.82) is 0 Å². The molecule has 0 spiro atoms. The van der Waals surface area contributed by atoms with Gasteiger partial charge >= 0.3 is 0 Å². The maximum absolute atomic E-state index is 11.3. The number of halogens is 1. The summed E-state index contributed by atoms with van der Waals surface area (Å²) in [5.41, 5.74) is 4.03. The average molecular weight is 307 g/mol. The zero-order valence-corrected chi connectivity index (χ0v) is 12.3. The summed E-state index contributed by atoms with van der Waals surface area (Å²) in [6, 6.07) is 8.11. The van der Waals surface area contributed by atoms with Crippen molar-refractivity contribution in [1.82, 2.24) is 9.78 Å². The molecule has 2 aromatic rings. The van der Waals surface area contributed by atoms with Crippen molar-refractivity contribution >= 4 is 21.7 Å². The van der Waals surface area contributed by atoms with Gasteiger partial charge in [-0.2, -0.15) is 5.10 Å². The highest BCUT2D eigenvalue weighted by Crippen LogP contribution is 2.25. The Labute approximate surface area is 115 Å². The number of hydrogen-bond donors (Lipinski definition) is 0. The van der Waals surface area contributed by atoms with Gasteiger partial charge in [-0.25, -0.2) is 4.68 Å². The highest BCUT2D eigenvalue weighted by molar-refractivity contribution is 9.10. The smallest absolute Gasteiger partial charge is 0.134 e. The van der Waals surface area contributed by atoms with Gasteiger partial charge in [-0.15, -0.1) is 0 Å². The lowest BCUT2D eigenvalue weighted by atomic mass is 10.1. The van der Waals surface area contributed by atoms with Crippen LogP contribution in [0.4, 0.5) is 0 Å². The van der Waals surface area contributed by atoms with E-state index in [0.29, 0.717) is 6.42 Å². The summed E-state index contributed by atoms with van der Waals surface area (Å²) in [4.78, 5) is 11.3. The third-order valence-corrected chi connectivity index (χ3v) is 3.61. The summed E-state index contributed by atoms with van der Waals surface area (Å²) < 4.78 is 2.70. The van der Waals surface area contributed by atoms with Crippen LogP contribution in [-0.2, 0) is 11.2 Å². The van der Waals surface area contributed by atoms with E-state index in [1.807, 2.05) is 36.7 Å². The molecule has 0 radical (unpaired) electrons. The van der Waals surface area contributed by atoms with Crippen molar-refractivity contribution in [3.8, 4) is 5.69 Å². The van der Waals surface area contributed by atoms with Crippen LogP contribution in [0.2, 0.25) is 0 Å². The second-order valence-electron chi connectivity index (χ2n) is 4.48. The summed E-state index contributed by atoms with van der Waals surface area (Å²) in [5, 5.41) is 4.49. The van der Waals surface area contributed by atoms with Crippen molar-refractivity contribution in [2.45, 2.75) is 27.2 Å². The van der Waals surface area contributed by atoms with Crippen molar-refractivity contribution in [3.05, 3.63) is 45.7 Å². The van der Waals surface area contributed by atoms with Crippen LogP contribution in [0.1, 0.15) is 23.7 Å². The van der Waals surface area contributed by atoms with E-state index in [1.165, 1.54) is 5.56 Å². The first-order valence-electron chi connectivity index (χ1n) is 5.79. The van der Waals surface area contributed by atoms with E-state index in [4.69, 9.17) is 0 Å². The third kappa shape index (κ3) is 2.53. The molecule has 0 aliphatic carbocycles. The summed E-state index contributed by atoms with van der Waals surface area (Å²) in [5.74, 6) is 0.141. The summed E-state index contributed by atoms with van der Waals surface area (Å²) in [6.07, 6.45) is 0.415. The Kier molecular flexibility index (Phi) is 3.66. The summed E-state index contributed by atoms with van der Waals surface area (Å²) in [7, 11) is 0. The Morgan fingerprint density at radius 2 is 2.11 bits per heavy atom. The monoisotopic (exact) mass is 306 g/mol. The van der Waals surface area contributed by atoms with Crippen LogP contribution in [0, 0.1) is 13.8 Å². The molecule has 0 amide bonds. The lowest BCUT2D eigenvalue weighted by Gasteiger charge is -2.04. The Hall–Kier alpha value is -1.42. The van der Waals surface area contributed by atoms with E-state index >= 15 is 0 Å². The number of carbonyl (C=O) groups is 1. The highest BCUT2D eigenvalue weighted by Gasteiger charge is 2.15. The van der Waals surface area contributed by atoms with Crippen LogP contribution in [-0.4, -0.2) is 15.6 Å². The minimum Gasteiger partial charge on any atom is -0.300 e. The quantitative estimate of drug-likeness (QED) is 0.871. The molecule has 0 bridgehead atoms. The normalized spacial score (nSPS) is 10.7. The Balaban J connectivity index is 2.50. The summed E-state index contributed by atoms with van der Waals surface area (Å²) >= 11 is 3.54. The van der Waals surface area contributed by atoms with E-state index in [2.05, 4.69) is 27.1 Å². The van der Waals surface area contributed by atoms with E-state index < -0.39 is 0 Å². The molecule has 0 saturated carbocycles. The topological polar surface area (TPSA) is 34.9 Å². The number of hydrogen-bond acceptors (Lipinski definition) is 2. The molecule has 0 aliphatic rings. The Bertz CT molecular complexity index is 602. The lowest BCUT2D eigenvalue weighted by molar-refractivity contribution is -0.116. The van der Waals surface area contributed by atoms with E-state index in [9.17, 15) is 4.79 Å². The SMILES string of the molecule is CC(=O)Cc1c(C)nn(-c2cccc(C)c2)c1Br. The van der Waals surface area contributed by atoms with Gasteiger partial charge in [0, 0.05) is 12.0 Å². The fourth-order valence-electron chi connectivity index (χ4n) is 1.91. The molecule has 0 N–H and O–H groups in total. The van der Waals surface area contributed by atoms with Gasteiger partial charge in [-0.3, -0.25) is 4.79 Å². The number of aromatic nitrogens is 2. The van der Waals surface area contributed by atoms with Crippen molar-refractivity contribution in [3.63, 3.8) is 0 Å². The van der Waals surface area contributed by atoms with Crippen molar-refractivity contribution in [2.75, 3.05) is 0 Å². The van der Waals surface area contributed by atoms with Crippen LogP contribution in [0.25, 0.3) is 5.69 Å². The van der Waals surface area contributed by atoms with E-state index in [-0.39, 0.29) is 5.78 Å². The van der Waals surface area contributed by atoms with Crippen LogP contribution >= 0.6 is 15.9 Å². The molecule has 0 atom stereocenters. The second-order valence-corrected chi connectivity index (χ2v) is 5.24. The van der Waals surface area contributed by atoms with Crippen molar-refractivity contribution in [2.24, 2.45) is 0 Å². The van der Waals surface area contributed by atoms with Gasteiger partial charge < -0.3 is 0 Å². The maximum atomic E-state index is 11.3. The molecule has 18 heavy (non-hydrogen) atoms. The van der Waals surface area contributed by atoms with Crippen LogP contribution in [0.15, 0.2) is 28.9 Å². The van der Waals surface area contributed by atoms with E-state index in [0.717, 1.165) is 21.5 Å². The first-order valence-corrected chi connectivity index (χ1v) is 6.59. The molecular weight excluding hydrogens is 292 g/mol. The van der Waals surface area contributed by atoms with Crippen LogP contribution < -0.4 is 0 Å². The first-order chi connectivity index (χ1) is 8.49. The van der Waals surface area contributed by atoms with Gasteiger partial charge in [-0.1, -0.05) is 12.1 Å². The largest absolute Gasteiger partial charge is 0.300 e. The molecule has 0 fully saturated rings. The minimum atomic E-state index is 0.141. The number of nitrogens with zero attached hydrogens (tertiary/aromatic N) is 2. The predicted molar refractivity (Wildman–Crippen MR) is 75.1 cm³/mol. The molecule has 2 rings (SSSR count). The van der Waals surface area contributed by atoms with Gasteiger partial charge in [-0.05, 0) is 54.4 Å². The Morgan fingerprint density at radius 1 is 1.39 bits per heavy atom. The summed E-state index contributed by atoms with van der Waals surface area (Å²) in [6.45, 7) is 5.56. The number of ketones is 1. The van der Waals surface area contributed by atoms with Gasteiger partial charge in [0.25, 0.3) is 0 Å². The minimum absolute atomic E-state index is 0.141. The highest BCUT2D eigenvalue weighted by atomic mass is 79.9. The van der Waals surface area contributed by atoms with Gasteiger partial charge in [0.1, 0.15) is 10.4 Å². The molecule has 1 heterocycles. The zero-order chi connectivity index (χ0) is 13.3. The van der Waals surface area contributed by atoms with Gasteiger partial charge in [0.15, 0.2) is 0 Å². The molecule has 3 nitrogen and oxygen atoms in total. The van der Waals surface area contributed by atoms with E-state index in [1.54, 1.807) is 6.92 Å². The third-order valence-electron chi connectivity index (χ3n) is 2.79. The van der Waals surface area contributed by atoms with Crippen LogP contribution in [0.3, 0.4) is 0 Å². The average Bonchev–Trinajstić information content (AvgIpc) is 2.56. The molecule has 0 aliphatic heterocycles. The van der Waals surface area contributed by atoms with Gasteiger partial charge in [0.2, 0.25) is 0 Å². The molecule has 0 saturated heterocycles. The number of carbonyl (C=O) groups excluding carboxylic acids is 1. The zero-order valence-electron chi connectivity index (χ0n) is 10.7. The van der Waals surface area contributed by atoms with Crippen molar-refractivity contribution < 1.29 is 4.79 Å². The number of aryl methyl sites for hydroxylation is 2. The predicted octanol–water partition coefficient (Wildman–Crippen LogP) is 3.38. The number of Topliss-reactive ketones (excluding diaryl/α,β-unsaturated/α-hetero) is 1. The van der Waals surface area contributed by atoms with Gasteiger partial charge in [0.05, 0.1) is 11.4 Å². The molecule has 94 valence electrons. The second kappa shape index (κ2) is 5.06. The fraction of sp³-hybridized carbons (Fsp3) is 0.286. The first kappa shape index (κ1) is 13.0. The molecule has 0 unspecified atom stereocenters. The molecule has 4 heteroatoms. The Morgan fingerprint density at radius 3 is 2.72 bits per heavy atom. The number of rotatable bonds is 3. The van der Waals surface area contributed by atoms with Crippen LogP contribution in [0.5, 0.6) is 0 Å². The molecule has 1 aromatic heterocycles. The maximum Gasteiger partial charge on any atom is 0.134 e. The number of benzene rings is 1. The molecule has 1 aromatic carbocycles. The lowest BCUT2D eigenvalue weighted by Crippen LogP contribution is -1.99. The standard InChI is InChI=1S/C14H15BrN2O/c1-9-5-4-6-12(7-9)17-14(15)13(8-10(2)18)11(3)16-17/h4-7H,8H2,1-3H3. The fourth-order valence-corrected chi connectivity index (χ4v) is 2.62. The molecular formula is C14H15BrN2O.